The molecule has 0 bridgehead atoms. The highest BCUT2D eigenvalue weighted by atomic mass is 35.5. The monoisotopic (exact) mass is 253 g/mol. The molecule has 0 aliphatic heterocycles. The predicted octanol–water partition coefficient (Wildman–Crippen LogP) is 2.73. The molecule has 0 radical (unpaired) electrons. The quantitative estimate of drug-likeness (QED) is 0.868. The van der Waals surface area contributed by atoms with E-state index in [1.807, 2.05) is 25.2 Å². The summed E-state index contributed by atoms with van der Waals surface area (Å²) in [6.45, 7) is 0.800. The van der Waals surface area contributed by atoms with Crippen LogP contribution in [0.1, 0.15) is 31.2 Å². The van der Waals surface area contributed by atoms with E-state index in [9.17, 15) is 5.11 Å². The number of nitrogens with one attached hydrogen (secondary N) is 1. The van der Waals surface area contributed by atoms with E-state index in [4.69, 9.17) is 11.6 Å². The molecule has 0 heterocycles. The van der Waals surface area contributed by atoms with Gasteiger partial charge < -0.3 is 10.4 Å². The van der Waals surface area contributed by atoms with Crippen LogP contribution in [-0.4, -0.2) is 24.8 Å². The summed E-state index contributed by atoms with van der Waals surface area (Å²) in [6, 6.07) is 7.93. The van der Waals surface area contributed by atoms with Crippen LogP contribution in [0.15, 0.2) is 24.3 Å². The van der Waals surface area contributed by atoms with Crippen molar-refractivity contribution >= 4 is 11.6 Å². The van der Waals surface area contributed by atoms with Crippen LogP contribution in [0.5, 0.6) is 0 Å². The Morgan fingerprint density at radius 2 is 2.29 bits per heavy atom. The Kier molecular flexibility index (Phi) is 4.08. The first kappa shape index (κ1) is 12.9. The van der Waals surface area contributed by atoms with E-state index in [0.717, 1.165) is 36.4 Å². The zero-order valence-corrected chi connectivity index (χ0v) is 11.0. The summed E-state index contributed by atoms with van der Waals surface area (Å²) < 4.78 is 0. The number of aliphatic hydroxyl groups is 1. The minimum absolute atomic E-state index is 0.169. The van der Waals surface area contributed by atoms with E-state index < -0.39 is 0 Å². The Morgan fingerprint density at radius 3 is 2.94 bits per heavy atom. The highest BCUT2D eigenvalue weighted by Gasteiger charge is 2.40. The van der Waals surface area contributed by atoms with E-state index in [1.54, 1.807) is 0 Å². The Hall–Kier alpha value is -0.570. The fraction of sp³-hybridized carbons (Fsp3) is 0.571. The zero-order chi connectivity index (χ0) is 12.3. The van der Waals surface area contributed by atoms with E-state index in [1.165, 1.54) is 6.42 Å². The molecule has 94 valence electrons. The molecular weight excluding hydrogens is 234 g/mol. The van der Waals surface area contributed by atoms with Crippen LogP contribution in [0.2, 0.25) is 5.02 Å². The van der Waals surface area contributed by atoms with Gasteiger partial charge in [0.2, 0.25) is 0 Å². The van der Waals surface area contributed by atoms with Crippen LogP contribution in [0.4, 0.5) is 0 Å². The molecular formula is C14H20ClNO. The van der Waals surface area contributed by atoms with Gasteiger partial charge in [-0.2, -0.15) is 0 Å². The first-order valence-corrected chi connectivity index (χ1v) is 6.65. The van der Waals surface area contributed by atoms with Gasteiger partial charge in [-0.3, -0.25) is 0 Å². The van der Waals surface area contributed by atoms with Gasteiger partial charge in [0.25, 0.3) is 0 Å². The second-order valence-electron chi connectivity index (χ2n) is 4.96. The highest BCUT2D eigenvalue weighted by Crippen LogP contribution is 2.39. The molecule has 3 heteroatoms. The highest BCUT2D eigenvalue weighted by molar-refractivity contribution is 6.30. The zero-order valence-electron chi connectivity index (χ0n) is 10.2. The topological polar surface area (TPSA) is 32.3 Å². The maximum atomic E-state index is 10.4. The van der Waals surface area contributed by atoms with Gasteiger partial charge in [-0.15, -0.1) is 0 Å². The summed E-state index contributed by atoms with van der Waals surface area (Å²) in [5.74, 6) is 0. The normalized spacial score (nSPS) is 29.2. The van der Waals surface area contributed by atoms with Crippen LogP contribution < -0.4 is 5.32 Å². The number of halogens is 1. The van der Waals surface area contributed by atoms with Gasteiger partial charge in [0.05, 0.1) is 6.10 Å². The molecule has 2 N–H and O–H groups in total. The van der Waals surface area contributed by atoms with Gasteiger partial charge in [-0.05, 0) is 37.6 Å². The summed E-state index contributed by atoms with van der Waals surface area (Å²) in [5, 5.41) is 14.4. The van der Waals surface area contributed by atoms with Crippen molar-refractivity contribution in [3.63, 3.8) is 0 Å². The van der Waals surface area contributed by atoms with Crippen molar-refractivity contribution in [1.82, 2.24) is 5.32 Å². The Bertz CT molecular complexity index is 378. The molecule has 2 atom stereocenters. The van der Waals surface area contributed by atoms with Gasteiger partial charge in [0.15, 0.2) is 0 Å². The standard InChI is InChI=1S/C14H20ClNO/c1-16-10-14(8-3-2-7-13(14)17)11-5-4-6-12(15)9-11/h4-6,9,13,16-17H,2-3,7-8,10H2,1H3/t13-,14?/m1/s1. The summed E-state index contributed by atoms with van der Waals surface area (Å²) in [7, 11) is 1.94. The Balaban J connectivity index is 2.39. The molecule has 17 heavy (non-hydrogen) atoms. The van der Waals surface area contributed by atoms with Crippen LogP contribution in [0.25, 0.3) is 0 Å². The fourth-order valence-corrected chi connectivity index (χ4v) is 3.17. The van der Waals surface area contributed by atoms with Crippen molar-refractivity contribution in [2.45, 2.75) is 37.2 Å². The number of rotatable bonds is 3. The third-order valence-corrected chi connectivity index (χ3v) is 4.12. The van der Waals surface area contributed by atoms with Gasteiger partial charge >= 0.3 is 0 Å². The minimum atomic E-state index is -0.276. The van der Waals surface area contributed by atoms with Gasteiger partial charge in [-0.25, -0.2) is 0 Å². The lowest BCUT2D eigenvalue weighted by Crippen LogP contribution is -2.48. The fourth-order valence-electron chi connectivity index (χ4n) is 2.98. The average molecular weight is 254 g/mol. The van der Waals surface area contributed by atoms with E-state index in [0.29, 0.717) is 0 Å². The lowest BCUT2D eigenvalue weighted by molar-refractivity contribution is 0.0424. The second-order valence-corrected chi connectivity index (χ2v) is 5.39. The number of benzene rings is 1. The van der Waals surface area contributed by atoms with Crippen molar-refractivity contribution in [2.75, 3.05) is 13.6 Å². The van der Waals surface area contributed by atoms with E-state index in [2.05, 4.69) is 11.4 Å². The maximum Gasteiger partial charge on any atom is 0.0649 e. The third kappa shape index (κ3) is 2.49. The average Bonchev–Trinajstić information content (AvgIpc) is 2.32. The maximum absolute atomic E-state index is 10.4. The van der Waals surface area contributed by atoms with Crippen LogP contribution in [0, 0.1) is 0 Å². The van der Waals surface area contributed by atoms with Crippen molar-refractivity contribution < 1.29 is 5.11 Å². The summed E-state index contributed by atoms with van der Waals surface area (Å²) in [6.07, 6.45) is 3.92. The van der Waals surface area contributed by atoms with Gasteiger partial charge in [0, 0.05) is 17.0 Å². The summed E-state index contributed by atoms with van der Waals surface area (Å²) in [4.78, 5) is 0. The van der Waals surface area contributed by atoms with Crippen LogP contribution in [0.3, 0.4) is 0 Å². The number of likely N-dealkylation sites (N-methyl/N-ethyl adjacent to an activating group) is 1. The molecule has 1 fully saturated rings. The summed E-state index contributed by atoms with van der Waals surface area (Å²) >= 11 is 6.07. The van der Waals surface area contributed by atoms with Crippen molar-refractivity contribution in [2.24, 2.45) is 0 Å². The van der Waals surface area contributed by atoms with Gasteiger partial charge in [-0.1, -0.05) is 36.6 Å². The van der Waals surface area contributed by atoms with Crippen LogP contribution in [-0.2, 0) is 5.41 Å². The van der Waals surface area contributed by atoms with Crippen molar-refractivity contribution in [3.8, 4) is 0 Å². The first-order chi connectivity index (χ1) is 8.19. The molecule has 1 unspecified atom stereocenters. The molecule has 0 aromatic heterocycles. The molecule has 2 nitrogen and oxygen atoms in total. The number of hydrogen-bond donors (Lipinski definition) is 2. The van der Waals surface area contributed by atoms with Crippen LogP contribution >= 0.6 is 11.6 Å². The Labute approximate surface area is 108 Å². The smallest absolute Gasteiger partial charge is 0.0649 e. The summed E-state index contributed by atoms with van der Waals surface area (Å²) in [5.41, 5.74) is 0.990. The molecule has 1 aliphatic carbocycles. The lowest BCUT2D eigenvalue weighted by atomic mass is 9.67. The molecule has 2 rings (SSSR count). The third-order valence-electron chi connectivity index (χ3n) is 3.88. The molecule has 1 aromatic carbocycles. The number of aliphatic hydroxyl groups excluding tert-OH is 1. The molecule has 1 saturated carbocycles. The molecule has 0 amide bonds. The first-order valence-electron chi connectivity index (χ1n) is 6.28. The van der Waals surface area contributed by atoms with E-state index in [-0.39, 0.29) is 11.5 Å². The van der Waals surface area contributed by atoms with Crippen molar-refractivity contribution in [3.05, 3.63) is 34.9 Å². The molecule has 1 aromatic rings. The Morgan fingerprint density at radius 1 is 1.47 bits per heavy atom. The predicted molar refractivity (Wildman–Crippen MR) is 71.5 cm³/mol. The SMILES string of the molecule is CNCC1(c2cccc(Cl)c2)CCCC[C@H]1O. The van der Waals surface area contributed by atoms with E-state index >= 15 is 0 Å². The largest absolute Gasteiger partial charge is 0.392 e. The van der Waals surface area contributed by atoms with Gasteiger partial charge in [0.1, 0.15) is 0 Å². The van der Waals surface area contributed by atoms with Crippen molar-refractivity contribution in [1.29, 1.82) is 0 Å². The number of hydrogen-bond acceptors (Lipinski definition) is 2. The lowest BCUT2D eigenvalue weighted by Gasteiger charge is -2.42. The molecule has 0 saturated heterocycles. The molecule has 1 aliphatic rings. The minimum Gasteiger partial charge on any atom is -0.392 e. The second kappa shape index (κ2) is 5.38. The molecule has 0 spiro atoms.